The summed E-state index contributed by atoms with van der Waals surface area (Å²) >= 11 is 0. The van der Waals surface area contributed by atoms with E-state index in [9.17, 15) is 9.59 Å². The van der Waals surface area contributed by atoms with Crippen molar-refractivity contribution in [2.24, 2.45) is 5.92 Å². The molecule has 0 spiro atoms. The van der Waals surface area contributed by atoms with Crippen molar-refractivity contribution in [3.05, 3.63) is 58.7 Å². The zero-order valence-electron chi connectivity index (χ0n) is 21.9. The molecule has 0 heterocycles. The number of hydrogen-bond acceptors (Lipinski definition) is 6. The maximum Gasteiger partial charge on any atom is 0.309 e. The second kappa shape index (κ2) is 11.4. The fourth-order valence-electron chi connectivity index (χ4n) is 3.92. The zero-order chi connectivity index (χ0) is 25.6. The van der Waals surface area contributed by atoms with Gasteiger partial charge in [0, 0.05) is 5.92 Å². The van der Waals surface area contributed by atoms with Crippen molar-refractivity contribution in [1.82, 2.24) is 0 Å². The fraction of sp³-hybridized carbons (Fsp3) is 0.500. The highest BCUT2D eigenvalue weighted by Crippen LogP contribution is 2.37. The lowest BCUT2D eigenvalue weighted by molar-refractivity contribution is -0.163. The first kappa shape index (κ1) is 27.2. The monoisotopic (exact) mass is 470 g/mol. The van der Waals surface area contributed by atoms with Gasteiger partial charge in [0.25, 0.3) is 0 Å². The molecule has 0 saturated carbocycles. The average Bonchev–Trinajstić information content (AvgIpc) is 2.74. The fourth-order valence-corrected chi connectivity index (χ4v) is 3.92. The van der Waals surface area contributed by atoms with Crippen molar-refractivity contribution in [2.75, 3.05) is 14.2 Å². The van der Waals surface area contributed by atoms with Crippen LogP contribution < -0.4 is 9.47 Å². The minimum atomic E-state index is -0.629. The van der Waals surface area contributed by atoms with Gasteiger partial charge in [-0.05, 0) is 88.1 Å². The molecule has 0 aliphatic heterocycles. The van der Waals surface area contributed by atoms with Crippen LogP contribution in [0, 0.1) is 19.8 Å². The number of carbonyl (C=O) groups is 2. The van der Waals surface area contributed by atoms with Gasteiger partial charge in [-0.2, -0.15) is 0 Å². The molecular formula is C28H38O6. The number of benzene rings is 2. The second-order valence-corrected chi connectivity index (χ2v) is 9.76. The first-order valence-electron chi connectivity index (χ1n) is 11.6. The second-order valence-electron chi connectivity index (χ2n) is 9.76. The van der Waals surface area contributed by atoms with Crippen LogP contribution in [0.15, 0.2) is 36.4 Å². The Bertz CT molecular complexity index is 951. The number of carbonyl (C=O) groups excluding carboxylic acids is 2. The van der Waals surface area contributed by atoms with E-state index in [0.29, 0.717) is 0 Å². The summed E-state index contributed by atoms with van der Waals surface area (Å²) in [6.45, 7) is 13.0. The van der Waals surface area contributed by atoms with E-state index in [0.717, 1.165) is 33.8 Å². The summed E-state index contributed by atoms with van der Waals surface area (Å²) in [7, 11) is 3.25. The van der Waals surface area contributed by atoms with Crippen LogP contribution in [0.3, 0.4) is 0 Å². The Morgan fingerprint density at radius 1 is 0.853 bits per heavy atom. The Morgan fingerprint density at radius 2 is 1.32 bits per heavy atom. The first-order valence-corrected chi connectivity index (χ1v) is 11.6. The van der Waals surface area contributed by atoms with Crippen molar-refractivity contribution in [3.63, 3.8) is 0 Å². The molecule has 0 amide bonds. The Balaban J connectivity index is 2.38. The van der Waals surface area contributed by atoms with Crippen molar-refractivity contribution >= 4 is 11.9 Å². The highest BCUT2D eigenvalue weighted by Gasteiger charge is 2.31. The van der Waals surface area contributed by atoms with Crippen LogP contribution in [0.4, 0.5) is 0 Å². The molecule has 2 atom stereocenters. The average molecular weight is 471 g/mol. The minimum absolute atomic E-state index is 0.0378. The van der Waals surface area contributed by atoms with E-state index in [-0.39, 0.29) is 12.3 Å². The van der Waals surface area contributed by atoms with E-state index in [4.69, 9.17) is 18.9 Å². The number of methoxy groups -OCH3 is 2. The molecule has 0 unspecified atom stereocenters. The molecule has 2 aromatic carbocycles. The number of hydrogen-bond donors (Lipinski definition) is 0. The van der Waals surface area contributed by atoms with Crippen LogP contribution in [0.1, 0.15) is 69.2 Å². The van der Waals surface area contributed by atoms with Gasteiger partial charge in [0.15, 0.2) is 0 Å². The predicted octanol–water partition coefficient (Wildman–Crippen LogP) is 5.75. The van der Waals surface area contributed by atoms with Crippen LogP contribution in [0.2, 0.25) is 0 Å². The van der Waals surface area contributed by atoms with Gasteiger partial charge < -0.3 is 18.9 Å². The molecular weight excluding hydrogens is 432 g/mol. The van der Waals surface area contributed by atoms with Crippen molar-refractivity contribution in [3.8, 4) is 11.5 Å². The van der Waals surface area contributed by atoms with Gasteiger partial charge in [0.2, 0.25) is 0 Å². The third kappa shape index (κ3) is 7.24. The summed E-state index contributed by atoms with van der Waals surface area (Å²) in [6.07, 6.45) is -0.547. The van der Waals surface area contributed by atoms with Gasteiger partial charge in [0.1, 0.15) is 23.2 Å². The lowest BCUT2D eigenvalue weighted by atomic mass is 9.82. The molecule has 2 rings (SSSR count). The summed E-state index contributed by atoms with van der Waals surface area (Å²) < 4.78 is 22.2. The molecule has 0 aliphatic carbocycles. The molecule has 0 radical (unpaired) electrons. The predicted molar refractivity (Wildman–Crippen MR) is 132 cm³/mol. The lowest BCUT2D eigenvalue weighted by Gasteiger charge is -2.29. The highest BCUT2D eigenvalue weighted by molar-refractivity contribution is 5.80. The number of esters is 2. The number of ether oxygens (including phenoxy) is 4. The SMILES string of the molecule is COc1ccc(C)c(C(c2cc(OC)ccc2C)[C@H](C)OC(=O)[C@H](C)CC(=O)OC(C)(C)C)c1. The van der Waals surface area contributed by atoms with Crippen LogP contribution in [0.5, 0.6) is 11.5 Å². The van der Waals surface area contributed by atoms with Gasteiger partial charge in [-0.15, -0.1) is 0 Å². The molecule has 0 aliphatic rings. The molecule has 2 aromatic rings. The van der Waals surface area contributed by atoms with E-state index in [1.54, 1.807) is 41.9 Å². The first-order chi connectivity index (χ1) is 15.9. The van der Waals surface area contributed by atoms with Crippen LogP contribution in [-0.2, 0) is 19.1 Å². The van der Waals surface area contributed by atoms with Gasteiger partial charge in [-0.1, -0.05) is 19.1 Å². The number of aryl methyl sites for hydroxylation is 2. The Hall–Kier alpha value is -3.02. The van der Waals surface area contributed by atoms with Gasteiger partial charge in [-0.25, -0.2) is 0 Å². The summed E-state index contributed by atoms with van der Waals surface area (Å²) in [5, 5.41) is 0. The molecule has 0 fully saturated rings. The van der Waals surface area contributed by atoms with E-state index in [2.05, 4.69) is 0 Å². The van der Waals surface area contributed by atoms with Crippen LogP contribution in [-0.4, -0.2) is 37.9 Å². The molecule has 6 heteroatoms. The van der Waals surface area contributed by atoms with Crippen LogP contribution >= 0.6 is 0 Å². The summed E-state index contributed by atoms with van der Waals surface area (Å²) in [4.78, 5) is 25.2. The number of rotatable bonds is 9. The minimum Gasteiger partial charge on any atom is -0.497 e. The summed E-state index contributed by atoms with van der Waals surface area (Å²) in [6, 6.07) is 11.8. The quantitative estimate of drug-likeness (QED) is 0.435. The summed E-state index contributed by atoms with van der Waals surface area (Å²) in [5.74, 6) is -0.303. The van der Waals surface area contributed by atoms with E-state index < -0.39 is 29.6 Å². The largest absolute Gasteiger partial charge is 0.497 e. The normalized spacial score (nSPS) is 13.2. The molecule has 6 nitrogen and oxygen atoms in total. The van der Waals surface area contributed by atoms with Crippen LogP contribution in [0.25, 0.3) is 0 Å². The Kier molecular flexibility index (Phi) is 9.14. The zero-order valence-corrected chi connectivity index (χ0v) is 21.9. The maximum absolute atomic E-state index is 13.0. The van der Waals surface area contributed by atoms with Crippen molar-refractivity contribution in [1.29, 1.82) is 0 Å². The summed E-state index contributed by atoms with van der Waals surface area (Å²) in [5.41, 5.74) is 3.49. The van der Waals surface area contributed by atoms with E-state index in [1.165, 1.54) is 0 Å². The van der Waals surface area contributed by atoms with Gasteiger partial charge in [0.05, 0.1) is 26.6 Å². The Morgan fingerprint density at radius 3 is 1.74 bits per heavy atom. The topological polar surface area (TPSA) is 71.1 Å². The smallest absolute Gasteiger partial charge is 0.309 e. The van der Waals surface area contributed by atoms with Crippen molar-refractivity contribution < 1.29 is 28.5 Å². The van der Waals surface area contributed by atoms with E-state index >= 15 is 0 Å². The molecule has 0 aromatic heterocycles. The third-order valence-electron chi connectivity index (χ3n) is 5.71. The van der Waals surface area contributed by atoms with Crippen molar-refractivity contribution in [2.45, 2.75) is 72.5 Å². The maximum atomic E-state index is 13.0. The molecule has 0 saturated heterocycles. The standard InChI is InChI=1S/C28H38O6/c1-17-10-12-21(31-8)15-23(17)26(24-16-22(32-9)13-11-18(24)2)20(4)33-27(30)19(3)14-25(29)34-28(5,6)7/h10-13,15-16,19-20,26H,14H2,1-9H3/t19-,20+/m1/s1. The third-order valence-corrected chi connectivity index (χ3v) is 5.71. The molecule has 34 heavy (non-hydrogen) atoms. The van der Waals surface area contributed by atoms with E-state index in [1.807, 2.05) is 57.2 Å². The van der Waals surface area contributed by atoms with Gasteiger partial charge in [-0.3, -0.25) is 9.59 Å². The molecule has 0 N–H and O–H groups in total. The molecule has 186 valence electrons. The molecule has 0 bridgehead atoms. The highest BCUT2D eigenvalue weighted by atomic mass is 16.6. The lowest BCUT2D eigenvalue weighted by Crippen LogP contribution is -2.30. The Labute approximate surface area is 203 Å². The van der Waals surface area contributed by atoms with Gasteiger partial charge >= 0.3 is 11.9 Å².